The van der Waals surface area contributed by atoms with E-state index in [1.54, 1.807) is 18.4 Å². The Morgan fingerprint density at radius 2 is 1.96 bits per heavy atom. The number of fused-ring (bicyclic) bond motifs is 1. The van der Waals surface area contributed by atoms with Gasteiger partial charge in [-0.15, -0.1) is 11.3 Å². The predicted molar refractivity (Wildman–Crippen MR) is 111 cm³/mol. The largest absolute Gasteiger partial charge is 0.497 e. The van der Waals surface area contributed by atoms with Gasteiger partial charge in [0.05, 0.1) is 22.3 Å². The molecule has 1 aromatic heterocycles. The monoisotopic (exact) mass is 380 g/mol. The molecule has 4 rings (SSSR count). The van der Waals surface area contributed by atoms with Crippen LogP contribution < -0.4 is 9.64 Å². The molecule has 2 aromatic carbocycles. The van der Waals surface area contributed by atoms with Gasteiger partial charge in [-0.25, -0.2) is 4.98 Å². The highest BCUT2D eigenvalue weighted by molar-refractivity contribution is 7.18. The fourth-order valence-corrected chi connectivity index (χ4v) is 4.47. The van der Waals surface area contributed by atoms with Crippen LogP contribution in [0.1, 0.15) is 31.2 Å². The van der Waals surface area contributed by atoms with Crippen molar-refractivity contribution in [2.24, 2.45) is 5.92 Å². The normalized spacial score (nSPS) is 14.9. The van der Waals surface area contributed by atoms with Crippen LogP contribution in [-0.2, 0) is 11.2 Å². The maximum absolute atomic E-state index is 13.1. The maximum atomic E-state index is 13.1. The van der Waals surface area contributed by atoms with Gasteiger partial charge in [0.15, 0.2) is 0 Å². The van der Waals surface area contributed by atoms with Crippen molar-refractivity contribution in [1.82, 2.24) is 4.98 Å². The third-order valence-electron chi connectivity index (χ3n) is 5.22. The Morgan fingerprint density at radius 1 is 1.22 bits per heavy atom. The molecule has 0 spiro atoms. The predicted octanol–water partition coefficient (Wildman–Crippen LogP) is 5.07. The van der Waals surface area contributed by atoms with Crippen LogP contribution in [0.2, 0.25) is 0 Å². The lowest BCUT2D eigenvalue weighted by Gasteiger charge is -2.30. The quantitative estimate of drug-likeness (QED) is 0.575. The number of hydrogen-bond acceptors (Lipinski definition) is 4. The van der Waals surface area contributed by atoms with E-state index in [-0.39, 0.29) is 11.9 Å². The van der Waals surface area contributed by atoms with Crippen molar-refractivity contribution in [3.63, 3.8) is 0 Å². The summed E-state index contributed by atoms with van der Waals surface area (Å²) in [6.45, 7) is 2.16. The van der Waals surface area contributed by atoms with Crippen molar-refractivity contribution < 1.29 is 9.53 Å². The summed E-state index contributed by atoms with van der Waals surface area (Å²) < 4.78 is 6.43. The Labute approximate surface area is 163 Å². The van der Waals surface area contributed by atoms with E-state index in [1.807, 2.05) is 47.4 Å². The van der Waals surface area contributed by atoms with Crippen molar-refractivity contribution in [3.05, 3.63) is 53.5 Å². The van der Waals surface area contributed by atoms with Gasteiger partial charge in [-0.1, -0.05) is 12.1 Å². The Hall–Kier alpha value is -2.40. The minimum absolute atomic E-state index is 0.166. The summed E-state index contributed by atoms with van der Waals surface area (Å²) in [6, 6.07) is 16.2. The first-order valence-electron chi connectivity index (χ1n) is 9.46. The van der Waals surface area contributed by atoms with E-state index < -0.39 is 0 Å². The Kier molecular flexibility index (Phi) is 5.12. The van der Waals surface area contributed by atoms with Crippen LogP contribution in [0.5, 0.6) is 5.75 Å². The van der Waals surface area contributed by atoms with Gasteiger partial charge in [-0.2, -0.15) is 0 Å². The molecule has 0 bridgehead atoms. The molecule has 1 unspecified atom stereocenters. The van der Waals surface area contributed by atoms with Gasteiger partial charge in [0, 0.05) is 24.6 Å². The van der Waals surface area contributed by atoms with Gasteiger partial charge < -0.3 is 9.64 Å². The molecular weight excluding hydrogens is 356 g/mol. The van der Waals surface area contributed by atoms with Crippen LogP contribution >= 0.6 is 11.3 Å². The first kappa shape index (κ1) is 18.0. The third kappa shape index (κ3) is 3.98. The molecule has 1 saturated carbocycles. The molecule has 1 aliphatic carbocycles. The highest BCUT2D eigenvalue weighted by Gasteiger charge is 2.35. The fraction of sp³-hybridized carbons (Fsp3) is 0.364. The number of thiazole rings is 1. The van der Waals surface area contributed by atoms with Gasteiger partial charge in [0.25, 0.3) is 0 Å². The highest BCUT2D eigenvalue weighted by Crippen LogP contribution is 2.37. The minimum Gasteiger partial charge on any atom is -0.497 e. The number of carbonyl (C=O) groups excluding carboxylic acids is 1. The van der Waals surface area contributed by atoms with E-state index in [1.165, 1.54) is 17.5 Å². The first-order chi connectivity index (χ1) is 13.2. The average molecular weight is 381 g/mol. The number of para-hydroxylation sites is 1. The molecule has 0 radical (unpaired) electrons. The lowest BCUT2D eigenvalue weighted by molar-refractivity contribution is -0.119. The molecule has 1 aliphatic rings. The molecule has 0 saturated heterocycles. The van der Waals surface area contributed by atoms with Gasteiger partial charge in [-0.3, -0.25) is 4.79 Å². The number of aryl methyl sites for hydroxylation is 1. The number of nitrogens with zero attached hydrogens (tertiary/aromatic N) is 2. The van der Waals surface area contributed by atoms with Crippen LogP contribution in [-0.4, -0.2) is 24.0 Å². The number of anilines is 1. The topological polar surface area (TPSA) is 42.4 Å². The summed E-state index contributed by atoms with van der Waals surface area (Å²) in [6.07, 6.45) is 3.57. The standard InChI is InChI=1S/C22H24N2O2S/c1-15(16-7-8-16)24(17-9-11-18(26-2)12-10-17)22(25)14-13-21-23-19-5-3-4-6-20(19)27-21/h3-6,9-12,15-16H,7-8,13-14H2,1-2H3. The molecule has 5 heteroatoms. The zero-order chi connectivity index (χ0) is 18.8. The lowest BCUT2D eigenvalue weighted by Crippen LogP contribution is -2.40. The summed E-state index contributed by atoms with van der Waals surface area (Å²) in [5, 5.41) is 1.03. The number of methoxy groups -OCH3 is 1. The second-order valence-corrected chi connectivity index (χ2v) is 8.23. The van der Waals surface area contributed by atoms with Crippen LogP contribution in [0, 0.1) is 5.92 Å². The van der Waals surface area contributed by atoms with Crippen molar-refractivity contribution in [2.75, 3.05) is 12.0 Å². The van der Waals surface area contributed by atoms with Gasteiger partial charge >= 0.3 is 0 Å². The average Bonchev–Trinajstić information content (AvgIpc) is 3.46. The summed E-state index contributed by atoms with van der Waals surface area (Å²) in [5.41, 5.74) is 1.97. The van der Waals surface area contributed by atoms with Crippen molar-refractivity contribution in [2.45, 2.75) is 38.6 Å². The number of ether oxygens (including phenoxy) is 1. The smallest absolute Gasteiger partial charge is 0.227 e. The molecule has 0 aliphatic heterocycles. The molecule has 1 heterocycles. The van der Waals surface area contributed by atoms with E-state index in [0.29, 0.717) is 18.8 Å². The second-order valence-electron chi connectivity index (χ2n) is 7.12. The summed E-state index contributed by atoms with van der Waals surface area (Å²) in [5.74, 6) is 1.58. The second kappa shape index (κ2) is 7.69. The molecule has 4 nitrogen and oxygen atoms in total. The van der Waals surface area contributed by atoms with E-state index in [2.05, 4.69) is 18.0 Å². The molecule has 1 amide bonds. The zero-order valence-corrected chi connectivity index (χ0v) is 16.5. The molecule has 3 aromatic rings. The summed E-state index contributed by atoms with van der Waals surface area (Å²) >= 11 is 1.68. The van der Waals surface area contributed by atoms with Gasteiger partial charge in [0.1, 0.15) is 5.75 Å². The number of hydrogen-bond donors (Lipinski definition) is 0. The number of carbonyl (C=O) groups is 1. The first-order valence-corrected chi connectivity index (χ1v) is 10.3. The Balaban J connectivity index is 1.50. The van der Waals surface area contributed by atoms with Crippen molar-refractivity contribution >= 4 is 33.1 Å². The number of rotatable bonds is 7. The SMILES string of the molecule is COc1ccc(N(C(=O)CCc2nc3ccccc3s2)C(C)C2CC2)cc1. The lowest BCUT2D eigenvalue weighted by atomic mass is 10.1. The number of aromatic nitrogens is 1. The molecule has 140 valence electrons. The van der Waals surface area contributed by atoms with Crippen LogP contribution in [0.25, 0.3) is 10.2 Å². The maximum Gasteiger partial charge on any atom is 0.227 e. The highest BCUT2D eigenvalue weighted by atomic mass is 32.1. The molecule has 1 fully saturated rings. The van der Waals surface area contributed by atoms with E-state index >= 15 is 0 Å². The number of amides is 1. The fourth-order valence-electron chi connectivity index (χ4n) is 3.50. The Morgan fingerprint density at radius 3 is 2.63 bits per heavy atom. The van der Waals surface area contributed by atoms with Gasteiger partial charge in [0.2, 0.25) is 5.91 Å². The third-order valence-corrected chi connectivity index (χ3v) is 6.32. The number of benzene rings is 2. The minimum atomic E-state index is 0.166. The molecule has 1 atom stereocenters. The van der Waals surface area contributed by atoms with Crippen LogP contribution in [0.4, 0.5) is 5.69 Å². The van der Waals surface area contributed by atoms with Crippen LogP contribution in [0.3, 0.4) is 0 Å². The van der Waals surface area contributed by atoms with Gasteiger partial charge in [-0.05, 0) is 62.1 Å². The van der Waals surface area contributed by atoms with Crippen molar-refractivity contribution in [3.8, 4) is 5.75 Å². The summed E-state index contributed by atoms with van der Waals surface area (Å²) in [4.78, 5) is 19.8. The van der Waals surface area contributed by atoms with Crippen molar-refractivity contribution in [1.29, 1.82) is 0 Å². The van der Waals surface area contributed by atoms with E-state index in [0.717, 1.165) is 22.0 Å². The molecule has 27 heavy (non-hydrogen) atoms. The van der Waals surface area contributed by atoms with E-state index in [4.69, 9.17) is 4.74 Å². The van der Waals surface area contributed by atoms with Crippen LogP contribution in [0.15, 0.2) is 48.5 Å². The summed E-state index contributed by atoms with van der Waals surface area (Å²) in [7, 11) is 1.66. The molecule has 0 N–H and O–H groups in total. The molecular formula is C22H24N2O2S. The van der Waals surface area contributed by atoms with E-state index in [9.17, 15) is 4.79 Å². The Bertz CT molecular complexity index is 898. The zero-order valence-electron chi connectivity index (χ0n) is 15.7.